The van der Waals surface area contributed by atoms with Gasteiger partial charge in [0.15, 0.2) is 6.10 Å². The molecule has 0 aliphatic rings. The third-order valence-electron chi connectivity index (χ3n) is 7.37. The van der Waals surface area contributed by atoms with Crippen molar-refractivity contribution in [1.29, 1.82) is 0 Å². The Hall–Kier alpha value is -1.10. The molecule has 1 unspecified atom stereocenters. The van der Waals surface area contributed by atoms with Crippen LogP contribution in [0.2, 0.25) is 0 Å². The van der Waals surface area contributed by atoms with Gasteiger partial charge < -0.3 is 14.6 Å². The van der Waals surface area contributed by atoms with Gasteiger partial charge in [0.2, 0.25) is 0 Å². The molecule has 0 bridgehead atoms. The smallest absolute Gasteiger partial charge is 0.306 e. The van der Waals surface area contributed by atoms with Crippen molar-refractivity contribution in [2.45, 2.75) is 169 Å². The van der Waals surface area contributed by atoms with Gasteiger partial charge in [0.1, 0.15) is 6.61 Å². The zero-order chi connectivity index (χ0) is 27.6. The fraction of sp³-hybridized carbons (Fsp3) is 0.938. The lowest BCUT2D eigenvalue weighted by molar-refractivity contribution is -0.161. The summed E-state index contributed by atoms with van der Waals surface area (Å²) < 4.78 is 10.5. The van der Waals surface area contributed by atoms with Crippen LogP contribution in [-0.2, 0) is 19.1 Å². The highest BCUT2D eigenvalue weighted by Gasteiger charge is 2.16. The van der Waals surface area contributed by atoms with E-state index >= 15 is 0 Å². The van der Waals surface area contributed by atoms with Gasteiger partial charge in [0, 0.05) is 12.8 Å². The number of hydrogen-bond donors (Lipinski definition) is 1. The van der Waals surface area contributed by atoms with Gasteiger partial charge in [-0.15, -0.1) is 0 Å². The number of esters is 2. The molecule has 0 radical (unpaired) electrons. The lowest BCUT2D eigenvalue weighted by Crippen LogP contribution is -2.28. The van der Waals surface area contributed by atoms with E-state index in [1.165, 1.54) is 83.5 Å². The van der Waals surface area contributed by atoms with Crippen molar-refractivity contribution in [3.8, 4) is 0 Å². The first-order valence-corrected chi connectivity index (χ1v) is 15.8. The second-order valence-electron chi connectivity index (χ2n) is 11.6. The first-order valence-electron chi connectivity index (χ1n) is 15.8. The Bertz CT molecular complexity index is 519. The van der Waals surface area contributed by atoms with E-state index in [0.717, 1.165) is 50.4 Å². The number of aliphatic hydroxyl groups excluding tert-OH is 1. The molecule has 1 N–H and O–H groups in total. The number of ether oxygens (including phenoxy) is 2. The average molecular weight is 527 g/mol. The van der Waals surface area contributed by atoms with Crippen LogP contribution < -0.4 is 0 Å². The van der Waals surface area contributed by atoms with Gasteiger partial charge in [-0.3, -0.25) is 9.59 Å². The molecule has 0 aliphatic heterocycles. The summed E-state index contributed by atoms with van der Waals surface area (Å²) in [6.07, 6.45) is 23.0. The number of rotatable bonds is 27. The van der Waals surface area contributed by atoms with Crippen molar-refractivity contribution in [1.82, 2.24) is 0 Å². The van der Waals surface area contributed by atoms with E-state index in [0.29, 0.717) is 12.8 Å². The molecule has 0 spiro atoms. The molecule has 0 fully saturated rings. The number of hydrogen-bond acceptors (Lipinski definition) is 5. The molecule has 0 aliphatic carbocycles. The van der Waals surface area contributed by atoms with Gasteiger partial charge in [-0.1, -0.05) is 137 Å². The third-order valence-corrected chi connectivity index (χ3v) is 7.37. The Labute approximate surface area is 229 Å². The molecule has 0 saturated heterocycles. The van der Waals surface area contributed by atoms with Gasteiger partial charge in [-0.25, -0.2) is 0 Å². The SMILES string of the molecule is CCC(C)CCCCCCCCC(=O)OC[C@H](CO)OC(=O)CCCCCCCCCCCCC(C)C. The maximum Gasteiger partial charge on any atom is 0.306 e. The molecule has 0 heterocycles. The van der Waals surface area contributed by atoms with Gasteiger partial charge in [-0.2, -0.15) is 0 Å². The minimum atomic E-state index is -0.762. The monoisotopic (exact) mass is 526 g/mol. The molecule has 2 atom stereocenters. The zero-order valence-corrected chi connectivity index (χ0v) is 25.1. The molecule has 0 aromatic heterocycles. The lowest BCUT2D eigenvalue weighted by atomic mass is 10.00. The second-order valence-corrected chi connectivity index (χ2v) is 11.6. The highest BCUT2D eigenvalue weighted by atomic mass is 16.6. The van der Waals surface area contributed by atoms with E-state index in [1.807, 2.05) is 0 Å². The maximum absolute atomic E-state index is 12.1. The maximum atomic E-state index is 12.1. The Morgan fingerprint density at radius 3 is 1.51 bits per heavy atom. The van der Waals surface area contributed by atoms with E-state index in [4.69, 9.17) is 9.47 Å². The summed E-state index contributed by atoms with van der Waals surface area (Å²) in [6.45, 7) is 8.76. The van der Waals surface area contributed by atoms with Gasteiger partial charge >= 0.3 is 11.9 Å². The largest absolute Gasteiger partial charge is 0.462 e. The van der Waals surface area contributed by atoms with Crippen molar-refractivity contribution in [3.63, 3.8) is 0 Å². The molecule has 0 aromatic carbocycles. The van der Waals surface area contributed by atoms with Crippen LogP contribution in [0.3, 0.4) is 0 Å². The van der Waals surface area contributed by atoms with Crippen molar-refractivity contribution in [3.05, 3.63) is 0 Å². The minimum Gasteiger partial charge on any atom is -0.462 e. The third kappa shape index (κ3) is 26.3. The number of carbonyl (C=O) groups is 2. The fourth-order valence-corrected chi connectivity index (χ4v) is 4.54. The summed E-state index contributed by atoms with van der Waals surface area (Å²) in [5.41, 5.74) is 0. The average Bonchev–Trinajstić information content (AvgIpc) is 2.88. The zero-order valence-electron chi connectivity index (χ0n) is 25.1. The van der Waals surface area contributed by atoms with Crippen molar-refractivity contribution in [2.75, 3.05) is 13.2 Å². The summed E-state index contributed by atoms with van der Waals surface area (Å²) in [4.78, 5) is 24.0. The van der Waals surface area contributed by atoms with E-state index in [-0.39, 0.29) is 25.2 Å². The molecule has 0 saturated carbocycles. The Morgan fingerprint density at radius 1 is 0.622 bits per heavy atom. The molecular weight excluding hydrogens is 464 g/mol. The highest BCUT2D eigenvalue weighted by molar-refractivity contribution is 5.70. The van der Waals surface area contributed by atoms with Crippen LogP contribution in [0.25, 0.3) is 0 Å². The van der Waals surface area contributed by atoms with E-state index in [1.54, 1.807) is 0 Å². The summed E-state index contributed by atoms with van der Waals surface area (Å²) in [5, 5.41) is 9.47. The number of unbranched alkanes of at least 4 members (excludes halogenated alkanes) is 14. The Kier molecular flexibility index (Phi) is 25.7. The predicted octanol–water partition coefficient (Wildman–Crippen LogP) is 8.94. The molecule has 220 valence electrons. The summed E-state index contributed by atoms with van der Waals surface area (Å²) in [5.74, 6) is 1.06. The quantitative estimate of drug-likeness (QED) is 0.0854. The van der Waals surface area contributed by atoms with Crippen LogP contribution in [0.5, 0.6) is 0 Å². The van der Waals surface area contributed by atoms with Gasteiger partial charge in [0.25, 0.3) is 0 Å². The standard InChI is InChI=1S/C32H62O5/c1-5-29(4)23-19-15-12-13-16-20-24-31(34)36-27-30(26-33)37-32(35)25-21-17-11-9-7-6-8-10-14-18-22-28(2)3/h28-30,33H,5-27H2,1-4H3/t29?,30-/m0/s1. The molecule has 0 rings (SSSR count). The summed E-state index contributed by atoms with van der Waals surface area (Å²) in [7, 11) is 0. The van der Waals surface area contributed by atoms with Crippen molar-refractivity contribution >= 4 is 11.9 Å². The number of carbonyl (C=O) groups excluding carboxylic acids is 2. The molecular formula is C32H62O5. The highest BCUT2D eigenvalue weighted by Crippen LogP contribution is 2.16. The van der Waals surface area contributed by atoms with Crippen molar-refractivity contribution in [2.24, 2.45) is 11.8 Å². The van der Waals surface area contributed by atoms with Crippen LogP contribution >= 0.6 is 0 Å². The van der Waals surface area contributed by atoms with Crippen LogP contribution in [0, 0.1) is 11.8 Å². The first-order chi connectivity index (χ1) is 17.9. The topological polar surface area (TPSA) is 72.8 Å². The summed E-state index contributed by atoms with van der Waals surface area (Å²) in [6, 6.07) is 0. The van der Waals surface area contributed by atoms with E-state index in [2.05, 4.69) is 27.7 Å². The van der Waals surface area contributed by atoms with Crippen LogP contribution in [0.15, 0.2) is 0 Å². The normalized spacial score (nSPS) is 13.0. The lowest BCUT2D eigenvalue weighted by Gasteiger charge is -2.15. The molecule has 0 amide bonds. The minimum absolute atomic E-state index is 0.0614. The number of aliphatic hydroxyl groups is 1. The molecule has 5 heteroatoms. The first kappa shape index (κ1) is 35.9. The van der Waals surface area contributed by atoms with Crippen LogP contribution in [0.4, 0.5) is 0 Å². The van der Waals surface area contributed by atoms with E-state index < -0.39 is 6.10 Å². The van der Waals surface area contributed by atoms with E-state index in [9.17, 15) is 14.7 Å². The van der Waals surface area contributed by atoms with Gasteiger partial charge in [-0.05, 0) is 24.7 Å². The summed E-state index contributed by atoms with van der Waals surface area (Å²) >= 11 is 0. The molecule has 37 heavy (non-hydrogen) atoms. The molecule has 0 aromatic rings. The second kappa shape index (κ2) is 26.5. The van der Waals surface area contributed by atoms with Crippen LogP contribution in [-0.4, -0.2) is 36.4 Å². The van der Waals surface area contributed by atoms with Crippen molar-refractivity contribution < 1.29 is 24.2 Å². The Balaban J connectivity index is 3.59. The van der Waals surface area contributed by atoms with Gasteiger partial charge in [0.05, 0.1) is 6.61 Å². The predicted molar refractivity (Wildman–Crippen MR) is 155 cm³/mol. The fourth-order valence-electron chi connectivity index (χ4n) is 4.54. The Morgan fingerprint density at radius 2 is 1.05 bits per heavy atom. The molecule has 5 nitrogen and oxygen atoms in total. The van der Waals surface area contributed by atoms with Crippen LogP contribution in [0.1, 0.15) is 163 Å².